The van der Waals surface area contributed by atoms with Crippen molar-refractivity contribution in [1.29, 1.82) is 0 Å². The van der Waals surface area contributed by atoms with Gasteiger partial charge >= 0.3 is 0 Å². The molecule has 0 radical (unpaired) electrons. The molecular weight excluding hydrogens is 218 g/mol. The molecular formula is C17H21N. The largest absolute Gasteiger partial charge is 0.388 e. The average molecular weight is 239 g/mol. The van der Waals surface area contributed by atoms with E-state index in [9.17, 15) is 0 Å². The van der Waals surface area contributed by atoms with Crippen LogP contribution in [0.4, 0.5) is 5.69 Å². The second-order valence-corrected chi connectivity index (χ2v) is 5.66. The van der Waals surface area contributed by atoms with E-state index in [4.69, 9.17) is 0 Å². The van der Waals surface area contributed by atoms with Crippen LogP contribution in [-0.4, -0.2) is 7.05 Å². The average Bonchev–Trinajstić information content (AvgIpc) is 2.38. The minimum atomic E-state index is 0.191. The molecule has 2 aromatic rings. The summed E-state index contributed by atoms with van der Waals surface area (Å²) in [6.45, 7) is 6.74. The smallest absolute Gasteiger partial charge is 0.0343 e. The second kappa shape index (κ2) is 4.85. The van der Waals surface area contributed by atoms with E-state index in [2.05, 4.69) is 74.6 Å². The van der Waals surface area contributed by atoms with Gasteiger partial charge in [-0.05, 0) is 34.2 Å². The Hall–Kier alpha value is -1.76. The first kappa shape index (κ1) is 12.7. The first-order chi connectivity index (χ1) is 8.50. The lowest BCUT2D eigenvalue weighted by molar-refractivity contribution is 0.590. The highest BCUT2D eigenvalue weighted by Crippen LogP contribution is 2.28. The van der Waals surface area contributed by atoms with Crippen LogP contribution in [0.25, 0.3) is 11.1 Å². The molecule has 18 heavy (non-hydrogen) atoms. The number of benzene rings is 2. The third-order valence-electron chi connectivity index (χ3n) is 3.21. The summed E-state index contributed by atoms with van der Waals surface area (Å²) in [4.78, 5) is 0. The van der Waals surface area contributed by atoms with Crippen LogP contribution >= 0.6 is 0 Å². The van der Waals surface area contributed by atoms with Gasteiger partial charge in [-0.15, -0.1) is 0 Å². The van der Waals surface area contributed by atoms with Crippen molar-refractivity contribution >= 4 is 5.69 Å². The lowest BCUT2D eigenvalue weighted by atomic mass is 9.85. The topological polar surface area (TPSA) is 12.0 Å². The third-order valence-corrected chi connectivity index (χ3v) is 3.21. The van der Waals surface area contributed by atoms with Crippen molar-refractivity contribution in [3.63, 3.8) is 0 Å². The number of hydrogen-bond acceptors (Lipinski definition) is 1. The molecule has 0 atom stereocenters. The van der Waals surface area contributed by atoms with Gasteiger partial charge in [-0.2, -0.15) is 0 Å². The van der Waals surface area contributed by atoms with Gasteiger partial charge in [0.05, 0.1) is 0 Å². The highest BCUT2D eigenvalue weighted by molar-refractivity contribution is 5.68. The van der Waals surface area contributed by atoms with Crippen molar-refractivity contribution in [1.82, 2.24) is 0 Å². The summed E-state index contributed by atoms with van der Waals surface area (Å²) >= 11 is 0. The standard InChI is InChI=1S/C17H21N/c1-17(2,3)15-9-5-7-13(11-15)14-8-6-10-16(12-14)18-4/h5-12,18H,1-4H3. The van der Waals surface area contributed by atoms with E-state index >= 15 is 0 Å². The summed E-state index contributed by atoms with van der Waals surface area (Å²) in [6, 6.07) is 17.3. The molecule has 0 saturated heterocycles. The molecule has 0 saturated carbocycles. The minimum absolute atomic E-state index is 0.191. The van der Waals surface area contributed by atoms with Crippen LogP contribution in [0.1, 0.15) is 26.3 Å². The zero-order valence-corrected chi connectivity index (χ0v) is 11.6. The minimum Gasteiger partial charge on any atom is -0.388 e. The van der Waals surface area contributed by atoms with Crippen molar-refractivity contribution < 1.29 is 0 Å². The quantitative estimate of drug-likeness (QED) is 0.801. The van der Waals surface area contributed by atoms with Crippen LogP contribution in [0.5, 0.6) is 0 Å². The van der Waals surface area contributed by atoms with Crippen LogP contribution in [0.15, 0.2) is 48.5 Å². The summed E-state index contributed by atoms with van der Waals surface area (Å²) in [5, 5.41) is 3.18. The Morgan fingerprint density at radius 1 is 0.833 bits per heavy atom. The van der Waals surface area contributed by atoms with E-state index in [0.29, 0.717) is 0 Å². The first-order valence-electron chi connectivity index (χ1n) is 6.39. The van der Waals surface area contributed by atoms with Crippen LogP contribution in [0, 0.1) is 0 Å². The third kappa shape index (κ3) is 2.73. The maximum atomic E-state index is 3.18. The molecule has 0 aromatic heterocycles. The van der Waals surface area contributed by atoms with Crippen LogP contribution in [0.2, 0.25) is 0 Å². The van der Waals surface area contributed by atoms with Gasteiger partial charge in [-0.1, -0.05) is 57.2 Å². The monoisotopic (exact) mass is 239 g/mol. The molecule has 1 nitrogen and oxygen atoms in total. The van der Waals surface area contributed by atoms with E-state index < -0.39 is 0 Å². The summed E-state index contributed by atoms with van der Waals surface area (Å²) in [5.41, 5.74) is 5.24. The molecule has 0 amide bonds. The van der Waals surface area contributed by atoms with Crippen molar-refractivity contribution in [3.8, 4) is 11.1 Å². The highest BCUT2D eigenvalue weighted by atomic mass is 14.8. The van der Waals surface area contributed by atoms with Gasteiger partial charge in [0, 0.05) is 12.7 Å². The van der Waals surface area contributed by atoms with Gasteiger partial charge < -0.3 is 5.32 Å². The number of hydrogen-bond donors (Lipinski definition) is 1. The lowest BCUT2D eigenvalue weighted by Crippen LogP contribution is -2.10. The number of nitrogens with one attached hydrogen (secondary N) is 1. The first-order valence-corrected chi connectivity index (χ1v) is 6.39. The Morgan fingerprint density at radius 2 is 1.44 bits per heavy atom. The molecule has 2 aromatic carbocycles. The fraction of sp³-hybridized carbons (Fsp3) is 0.294. The molecule has 0 fully saturated rings. The Labute approximate surface area is 110 Å². The van der Waals surface area contributed by atoms with Gasteiger partial charge in [-0.25, -0.2) is 0 Å². The molecule has 0 unspecified atom stereocenters. The van der Waals surface area contributed by atoms with E-state index in [1.807, 2.05) is 7.05 Å². The van der Waals surface area contributed by atoms with Gasteiger partial charge in [-0.3, -0.25) is 0 Å². The summed E-state index contributed by atoms with van der Waals surface area (Å²) in [7, 11) is 1.95. The Balaban J connectivity index is 2.44. The van der Waals surface area contributed by atoms with Crippen molar-refractivity contribution in [3.05, 3.63) is 54.1 Å². The summed E-state index contributed by atoms with van der Waals surface area (Å²) in [5.74, 6) is 0. The molecule has 1 N–H and O–H groups in total. The molecule has 0 spiro atoms. The Morgan fingerprint density at radius 3 is 2.06 bits per heavy atom. The molecule has 0 aliphatic carbocycles. The van der Waals surface area contributed by atoms with E-state index in [1.54, 1.807) is 0 Å². The predicted octanol–water partition coefficient (Wildman–Crippen LogP) is 4.69. The fourth-order valence-electron chi connectivity index (χ4n) is 2.02. The van der Waals surface area contributed by atoms with Crippen LogP contribution < -0.4 is 5.32 Å². The van der Waals surface area contributed by atoms with Crippen LogP contribution in [-0.2, 0) is 5.41 Å². The molecule has 94 valence electrons. The molecule has 0 aliphatic rings. The Bertz CT molecular complexity index is 535. The number of anilines is 1. The summed E-state index contributed by atoms with van der Waals surface area (Å²) < 4.78 is 0. The van der Waals surface area contributed by atoms with Crippen molar-refractivity contribution in [2.45, 2.75) is 26.2 Å². The second-order valence-electron chi connectivity index (χ2n) is 5.66. The highest BCUT2D eigenvalue weighted by Gasteiger charge is 2.13. The van der Waals surface area contributed by atoms with E-state index in [-0.39, 0.29) is 5.41 Å². The van der Waals surface area contributed by atoms with Gasteiger partial charge in [0.1, 0.15) is 0 Å². The SMILES string of the molecule is CNc1cccc(-c2cccc(C(C)(C)C)c2)c1. The molecule has 0 bridgehead atoms. The predicted molar refractivity (Wildman–Crippen MR) is 80.1 cm³/mol. The maximum absolute atomic E-state index is 3.18. The Kier molecular flexibility index (Phi) is 3.42. The lowest BCUT2D eigenvalue weighted by Gasteiger charge is -2.20. The molecule has 0 heterocycles. The van der Waals surface area contributed by atoms with Crippen LogP contribution in [0.3, 0.4) is 0 Å². The maximum Gasteiger partial charge on any atom is 0.0343 e. The molecule has 2 rings (SSSR count). The fourth-order valence-corrected chi connectivity index (χ4v) is 2.02. The molecule has 1 heteroatoms. The summed E-state index contributed by atoms with van der Waals surface area (Å²) in [6.07, 6.45) is 0. The van der Waals surface area contributed by atoms with Gasteiger partial charge in [0.25, 0.3) is 0 Å². The van der Waals surface area contributed by atoms with E-state index in [1.165, 1.54) is 16.7 Å². The van der Waals surface area contributed by atoms with Gasteiger partial charge in [0.15, 0.2) is 0 Å². The van der Waals surface area contributed by atoms with E-state index in [0.717, 1.165) is 5.69 Å². The van der Waals surface area contributed by atoms with Crippen molar-refractivity contribution in [2.75, 3.05) is 12.4 Å². The normalized spacial score (nSPS) is 11.3. The molecule has 0 aliphatic heterocycles. The van der Waals surface area contributed by atoms with Gasteiger partial charge in [0.2, 0.25) is 0 Å². The number of rotatable bonds is 2. The zero-order valence-electron chi connectivity index (χ0n) is 11.6. The zero-order chi connectivity index (χ0) is 13.2. The van der Waals surface area contributed by atoms with Crippen molar-refractivity contribution in [2.24, 2.45) is 0 Å².